The predicted octanol–water partition coefficient (Wildman–Crippen LogP) is 1.04. The highest BCUT2D eigenvalue weighted by Gasteiger charge is 2.08. The quantitative estimate of drug-likeness (QED) is 0.873. The highest BCUT2D eigenvalue weighted by Crippen LogP contribution is 2.15. The molecular formula is C13H16N2O4. The van der Waals surface area contributed by atoms with Crippen LogP contribution in [0.2, 0.25) is 0 Å². The van der Waals surface area contributed by atoms with Crippen molar-refractivity contribution in [3.63, 3.8) is 0 Å². The highest BCUT2D eigenvalue weighted by molar-refractivity contribution is 5.73. The van der Waals surface area contributed by atoms with Gasteiger partial charge in [-0.25, -0.2) is 4.79 Å². The number of oxazole rings is 1. The molecule has 0 aliphatic heterocycles. The summed E-state index contributed by atoms with van der Waals surface area (Å²) >= 11 is 0. The lowest BCUT2D eigenvalue weighted by atomic mass is 10.2. The van der Waals surface area contributed by atoms with Crippen molar-refractivity contribution in [1.82, 2.24) is 9.47 Å². The summed E-state index contributed by atoms with van der Waals surface area (Å²) in [5.41, 5.74) is 2.32. The van der Waals surface area contributed by atoms with Crippen molar-refractivity contribution < 1.29 is 14.3 Å². The standard InChI is InChI=1S/C13H16N2O4/c1-14(6-5-12(16)17)8-9-3-4-11-10(7-9)15(2)13(18)19-11/h3-4,7H,5-6,8H2,1-2H3,(H,16,17). The maximum absolute atomic E-state index is 11.4. The minimum atomic E-state index is -0.806. The van der Waals surface area contributed by atoms with Crippen LogP contribution in [0.15, 0.2) is 27.4 Å². The normalized spacial score (nSPS) is 11.3. The van der Waals surface area contributed by atoms with Crippen LogP contribution >= 0.6 is 0 Å². The maximum atomic E-state index is 11.4. The van der Waals surface area contributed by atoms with E-state index in [0.29, 0.717) is 18.7 Å². The Hall–Kier alpha value is -2.08. The van der Waals surface area contributed by atoms with Crippen LogP contribution in [0.1, 0.15) is 12.0 Å². The van der Waals surface area contributed by atoms with E-state index in [1.807, 2.05) is 24.1 Å². The van der Waals surface area contributed by atoms with Crippen LogP contribution in [0.4, 0.5) is 0 Å². The number of aliphatic carboxylic acids is 1. The van der Waals surface area contributed by atoms with Crippen LogP contribution in [-0.4, -0.2) is 34.1 Å². The van der Waals surface area contributed by atoms with Crippen molar-refractivity contribution in [1.29, 1.82) is 0 Å². The molecule has 0 atom stereocenters. The number of aryl methyl sites for hydroxylation is 1. The smallest absolute Gasteiger partial charge is 0.419 e. The third kappa shape index (κ3) is 3.03. The number of rotatable bonds is 5. The summed E-state index contributed by atoms with van der Waals surface area (Å²) in [5, 5.41) is 8.63. The predicted molar refractivity (Wildman–Crippen MR) is 70.0 cm³/mol. The molecule has 0 saturated carbocycles. The van der Waals surface area contributed by atoms with E-state index < -0.39 is 5.97 Å². The lowest BCUT2D eigenvalue weighted by Gasteiger charge is -2.15. The molecule has 19 heavy (non-hydrogen) atoms. The summed E-state index contributed by atoms with van der Waals surface area (Å²) in [6, 6.07) is 5.52. The van der Waals surface area contributed by atoms with Gasteiger partial charge >= 0.3 is 11.7 Å². The minimum absolute atomic E-state index is 0.114. The SMILES string of the molecule is CN(CCC(=O)O)Cc1ccc2oc(=O)n(C)c2c1. The van der Waals surface area contributed by atoms with Crippen LogP contribution in [-0.2, 0) is 18.4 Å². The van der Waals surface area contributed by atoms with Gasteiger partial charge in [0.05, 0.1) is 11.9 Å². The fourth-order valence-corrected chi connectivity index (χ4v) is 1.95. The fraction of sp³-hybridized carbons (Fsp3) is 0.385. The molecule has 0 saturated heterocycles. The van der Waals surface area contributed by atoms with E-state index in [1.54, 1.807) is 13.1 Å². The molecule has 0 unspecified atom stereocenters. The van der Waals surface area contributed by atoms with Gasteiger partial charge in [-0.2, -0.15) is 0 Å². The van der Waals surface area contributed by atoms with Crippen molar-refractivity contribution >= 4 is 17.1 Å². The minimum Gasteiger partial charge on any atom is -0.481 e. The Morgan fingerprint density at radius 1 is 1.47 bits per heavy atom. The lowest BCUT2D eigenvalue weighted by Crippen LogP contribution is -2.21. The van der Waals surface area contributed by atoms with Crippen molar-refractivity contribution in [2.24, 2.45) is 7.05 Å². The number of carboxylic acid groups (broad SMARTS) is 1. The van der Waals surface area contributed by atoms with Crippen molar-refractivity contribution in [2.45, 2.75) is 13.0 Å². The summed E-state index contributed by atoms with van der Waals surface area (Å²) < 4.78 is 6.51. The molecule has 0 fully saturated rings. The zero-order valence-corrected chi connectivity index (χ0v) is 10.9. The summed E-state index contributed by atoms with van der Waals surface area (Å²) in [5.74, 6) is -1.19. The Balaban J connectivity index is 2.15. The topological polar surface area (TPSA) is 75.7 Å². The number of nitrogens with zero attached hydrogens (tertiary/aromatic N) is 2. The molecule has 102 valence electrons. The molecule has 0 radical (unpaired) electrons. The van der Waals surface area contributed by atoms with Crippen LogP contribution in [0.25, 0.3) is 11.1 Å². The van der Waals surface area contributed by atoms with Gasteiger partial charge in [-0.3, -0.25) is 9.36 Å². The number of benzene rings is 1. The van der Waals surface area contributed by atoms with Crippen LogP contribution < -0.4 is 5.76 Å². The number of aromatic nitrogens is 1. The van der Waals surface area contributed by atoms with Crippen molar-refractivity contribution in [3.05, 3.63) is 34.3 Å². The number of carboxylic acids is 1. The number of hydrogen-bond acceptors (Lipinski definition) is 4. The Morgan fingerprint density at radius 2 is 2.21 bits per heavy atom. The Bertz CT molecular complexity index is 656. The maximum Gasteiger partial charge on any atom is 0.419 e. The highest BCUT2D eigenvalue weighted by atomic mass is 16.4. The molecular weight excluding hydrogens is 248 g/mol. The first-order valence-corrected chi connectivity index (χ1v) is 5.96. The Kier molecular flexibility index (Phi) is 3.71. The molecule has 2 rings (SSSR count). The van der Waals surface area contributed by atoms with Crippen LogP contribution in [0.5, 0.6) is 0 Å². The molecule has 1 N–H and O–H groups in total. The molecule has 2 aromatic rings. The lowest BCUT2D eigenvalue weighted by molar-refractivity contribution is -0.137. The fourth-order valence-electron chi connectivity index (χ4n) is 1.95. The summed E-state index contributed by atoms with van der Waals surface area (Å²) in [4.78, 5) is 23.8. The van der Waals surface area contributed by atoms with E-state index in [-0.39, 0.29) is 12.2 Å². The van der Waals surface area contributed by atoms with Gasteiger partial charge < -0.3 is 14.4 Å². The summed E-state index contributed by atoms with van der Waals surface area (Å²) in [6.45, 7) is 1.11. The molecule has 6 nitrogen and oxygen atoms in total. The first-order valence-electron chi connectivity index (χ1n) is 5.96. The molecule has 0 bridgehead atoms. The Morgan fingerprint density at radius 3 is 2.89 bits per heavy atom. The van der Waals surface area contributed by atoms with Crippen molar-refractivity contribution in [3.8, 4) is 0 Å². The largest absolute Gasteiger partial charge is 0.481 e. The monoisotopic (exact) mass is 264 g/mol. The zero-order chi connectivity index (χ0) is 14.0. The molecule has 1 aromatic heterocycles. The molecule has 0 spiro atoms. The zero-order valence-electron chi connectivity index (χ0n) is 10.9. The number of carbonyl (C=O) groups is 1. The van der Waals surface area contributed by atoms with Crippen molar-refractivity contribution in [2.75, 3.05) is 13.6 Å². The third-order valence-corrected chi connectivity index (χ3v) is 3.02. The molecule has 1 heterocycles. The van der Waals surface area contributed by atoms with E-state index in [9.17, 15) is 9.59 Å². The van der Waals surface area contributed by atoms with Gasteiger partial charge in [0.25, 0.3) is 0 Å². The molecule has 0 aliphatic carbocycles. The second kappa shape index (κ2) is 5.27. The first kappa shape index (κ1) is 13.4. The second-order valence-corrected chi connectivity index (χ2v) is 4.61. The van der Waals surface area contributed by atoms with E-state index in [1.165, 1.54) is 4.57 Å². The van der Waals surface area contributed by atoms with Gasteiger partial charge in [0.15, 0.2) is 5.58 Å². The van der Waals surface area contributed by atoms with Gasteiger partial charge in [0, 0.05) is 20.1 Å². The first-order chi connectivity index (χ1) is 8.97. The number of fused-ring (bicyclic) bond motifs is 1. The van der Waals surface area contributed by atoms with Gasteiger partial charge in [0.1, 0.15) is 0 Å². The van der Waals surface area contributed by atoms with E-state index >= 15 is 0 Å². The number of hydrogen-bond donors (Lipinski definition) is 1. The van der Waals surface area contributed by atoms with E-state index in [2.05, 4.69) is 0 Å². The van der Waals surface area contributed by atoms with Gasteiger partial charge in [-0.1, -0.05) is 6.07 Å². The van der Waals surface area contributed by atoms with Crippen LogP contribution in [0.3, 0.4) is 0 Å². The van der Waals surface area contributed by atoms with Gasteiger partial charge in [-0.05, 0) is 24.7 Å². The van der Waals surface area contributed by atoms with Gasteiger partial charge in [0.2, 0.25) is 0 Å². The average molecular weight is 264 g/mol. The second-order valence-electron chi connectivity index (χ2n) is 4.61. The van der Waals surface area contributed by atoms with Crippen LogP contribution in [0, 0.1) is 0 Å². The molecule has 0 aliphatic rings. The Labute approximate surface area is 109 Å². The van der Waals surface area contributed by atoms with E-state index in [4.69, 9.17) is 9.52 Å². The summed E-state index contributed by atoms with van der Waals surface area (Å²) in [7, 11) is 3.52. The average Bonchev–Trinajstić information content (AvgIpc) is 2.63. The molecule has 1 aromatic carbocycles. The summed E-state index contributed by atoms with van der Waals surface area (Å²) in [6.07, 6.45) is 0.114. The van der Waals surface area contributed by atoms with E-state index in [0.717, 1.165) is 11.1 Å². The third-order valence-electron chi connectivity index (χ3n) is 3.02. The van der Waals surface area contributed by atoms with Gasteiger partial charge in [-0.15, -0.1) is 0 Å². The molecule has 0 amide bonds. The molecule has 6 heteroatoms.